The first kappa shape index (κ1) is 23.1. The number of benzene rings is 3. The standard InChI is InChI=1S/C30H29N5O2/c1-33-29-12-7-23(27-13-14-35(32-27)21-22-5-3-2-4-6-22)19-24(29)20-28(30(33)36)31-25-8-10-26(11-9-25)34-15-17-37-18-16-34/h2-14,19-20,31H,15-18,21H2,1H3. The summed E-state index contributed by atoms with van der Waals surface area (Å²) in [6.45, 7) is 4.02. The molecule has 0 amide bonds. The normalized spacial score (nSPS) is 13.7. The van der Waals surface area contributed by atoms with E-state index in [4.69, 9.17) is 9.84 Å². The Bertz CT molecular complexity index is 1580. The number of aromatic nitrogens is 3. The van der Waals surface area contributed by atoms with Crippen molar-refractivity contribution in [3.63, 3.8) is 0 Å². The summed E-state index contributed by atoms with van der Waals surface area (Å²) in [7, 11) is 1.81. The summed E-state index contributed by atoms with van der Waals surface area (Å²) in [5.41, 5.74) is 6.52. The highest BCUT2D eigenvalue weighted by Gasteiger charge is 2.13. The number of nitrogens with one attached hydrogen (secondary N) is 1. The van der Waals surface area contributed by atoms with E-state index in [-0.39, 0.29) is 5.56 Å². The molecule has 0 radical (unpaired) electrons. The summed E-state index contributed by atoms with van der Waals surface area (Å²) in [6, 6.07) is 28.6. The minimum Gasteiger partial charge on any atom is -0.378 e. The van der Waals surface area contributed by atoms with E-state index in [0.29, 0.717) is 5.69 Å². The van der Waals surface area contributed by atoms with Crippen LogP contribution in [0.2, 0.25) is 0 Å². The predicted octanol–water partition coefficient (Wildman–Crippen LogP) is 5.03. The molecule has 1 aliphatic heterocycles. The molecule has 1 N–H and O–H groups in total. The fraction of sp³-hybridized carbons (Fsp3) is 0.200. The number of nitrogens with zero attached hydrogens (tertiary/aromatic N) is 4. The van der Waals surface area contributed by atoms with Gasteiger partial charge in [0, 0.05) is 48.7 Å². The van der Waals surface area contributed by atoms with Crippen molar-refractivity contribution in [2.75, 3.05) is 36.5 Å². The highest BCUT2D eigenvalue weighted by atomic mass is 16.5. The molecule has 0 saturated carbocycles. The van der Waals surface area contributed by atoms with Gasteiger partial charge in [-0.15, -0.1) is 0 Å². The first-order valence-electron chi connectivity index (χ1n) is 12.6. The maximum absolute atomic E-state index is 13.1. The summed E-state index contributed by atoms with van der Waals surface area (Å²) in [4.78, 5) is 15.4. The number of pyridine rings is 1. The molecule has 37 heavy (non-hydrogen) atoms. The molecule has 2 aromatic heterocycles. The monoisotopic (exact) mass is 491 g/mol. The van der Waals surface area contributed by atoms with Crippen LogP contribution in [0.4, 0.5) is 17.1 Å². The van der Waals surface area contributed by atoms with Gasteiger partial charge < -0.3 is 19.5 Å². The second-order valence-electron chi connectivity index (χ2n) is 9.35. The van der Waals surface area contributed by atoms with Crippen molar-refractivity contribution in [2.24, 2.45) is 7.05 Å². The Labute approximate surface area is 215 Å². The summed E-state index contributed by atoms with van der Waals surface area (Å²) in [5.74, 6) is 0. The SMILES string of the molecule is Cn1c(=O)c(Nc2ccc(N3CCOCC3)cc2)cc2cc(-c3ccn(Cc4ccccc4)n3)ccc21. The topological polar surface area (TPSA) is 64.3 Å². The average Bonchev–Trinajstić information content (AvgIpc) is 3.41. The zero-order valence-electron chi connectivity index (χ0n) is 20.8. The number of hydrogen-bond donors (Lipinski definition) is 1. The molecule has 3 aromatic carbocycles. The first-order chi connectivity index (χ1) is 18.1. The summed E-state index contributed by atoms with van der Waals surface area (Å²) in [5, 5.41) is 9.09. The number of hydrogen-bond acceptors (Lipinski definition) is 5. The summed E-state index contributed by atoms with van der Waals surface area (Å²) >= 11 is 0. The second-order valence-corrected chi connectivity index (χ2v) is 9.35. The molecule has 1 aliphatic rings. The summed E-state index contributed by atoms with van der Waals surface area (Å²) < 4.78 is 9.09. The van der Waals surface area contributed by atoms with Gasteiger partial charge in [0.15, 0.2) is 0 Å². The van der Waals surface area contributed by atoms with Crippen LogP contribution in [-0.4, -0.2) is 40.7 Å². The average molecular weight is 492 g/mol. The van der Waals surface area contributed by atoms with Crippen LogP contribution in [0.5, 0.6) is 0 Å². The molecule has 0 aliphatic carbocycles. The van der Waals surface area contributed by atoms with Crippen LogP contribution >= 0.6 is 0 Å². The Morgan fingerprint density at radius 3 is 2.49 bits per heavy atom. The molecule has 3 heterocycles. The largest absolute Gasteiger partial charge is 0.378 e. The van der Waals surface area contributed by atoms with Crippen molar-refractivity contribution in [1.82, 2.24) is 14.3 Å². The molecule has 0 atom stereocenters. The number of aryl methyl sites for hydroxylation is 1. The van der Waals surface area contributed by atoms with E-state index in [1.807, 2.05) is 72.5 Å². The molecule has 7 heteroatoms. The Balaban J connectivity index is 1.26. The van der Waals surface area contributed by atoms with Gasteiger partial charge in [0.05, 0.1) is 31.0 Å². The zero-order chi connectivity index (χ0) is 25.2. The van der Waals surface area contributed by atoms with Gasteiger partial charge in [-0.2, -0.15) is 5.10 Å². The molecular weight excluding hydrogens is 462 g/mol. The number of morpholine rings is 1. The third-order valence-corrected chi connectivity index (χ3v) is 6.87. The summed E-state index contributed by atoms with van der Waals surface area (Å²) in [6.07, 6.45) is 2.00. The Hall–Kier alpha value is -4.36. The van der Waals surface area contributed by atoms with Crippen LogP contribution in [0.15, 0.2) is 95.9 Å². The fourth-order valence-corrected chi connectivity index (χ4v) is 4.84. The fourth-order valence-electron chi connectivity index (χ4n) is 4.84. The van der Waals surface area contributed by atoms with Crippen molar-refractivity contribution in [3.8, 4) is 11.3 Å². The lowest BCUT2D eigenvalue weighted by Crippen LogP contribution is -2.36. The van der Waals surface area contributed by atoms with Crippen LogP contribution < -0.4 is 15.8 Å². The van der Waals surface area contributed by atoms with Gasteiger partial charge >= 0.3 is 0 Å². The van der Waals surface area contributed by atoms with Crippen molar-refractivity contribution in [3.05, 3.63) is 107 Å². The Morgan fingerprint density at radius 2 is 1.70 bits per heavy atom. The number of ether oxygens (including phenoxy) is 1. The maximum atomic E-state index is 13.1. The van der Waals surface area contributed by atoms with Gasteiger partial charge in [-0.1, -0.05) is 36.4 Å². The smallest absolute Gasteiger partial charge is 0.274 e. The minimum atomic E-state index is -0.0651. The predicted molar refractivity (Wildman–Crippen MR) is 149 cm³/mol. The number of fused-ring (bicyclic) bond motifs is 1. The lowest BCUT2D eigenvalue weighted by atomic mass is 10.1. The van der Waals surface area contributed by atoms with E-state index in [1.54, 1.807) is 4.57 Å². The van der Waals surface area contributed by atoms with Gasteiger partial charge in [0.25, 0.3) is 5.56 Å². The molecule has 7 nitrogen and oxygen atoms in total. The molecule has 1 fully saturated rings. The highest BCUT2D eigenvalue weighted by Crippen LogP contribution is 2.26. The van der Waals surface area contributed by atoms with Crippen molar-refractivity contribution in [1.29, 1.82) is 0 Å². The molecule has 5 aromatic rings. The van der Waals surface area contributed by atoms with E-state index in [0.717, 1.165) is 66.4 Å². The molecule has 0 bridgehead atoms. The lowest BCUT2D eigenvalue weighted by molar-refractivity contribution is 0.122. The van der Waals surface area contributed by atoms with E-state index >= 15 is 0 Å². The molecule has 1 saturated heterocycles. The molecule has 186 valence electrons. The van der Waals surface area contributed by atoms with Crippen LogP contribution in [0, 0.1) is 0 Å². The lowest BCUT2D eigenvalue weighted by Gasteiger charge is -2.28. The molecular formula is C30H29N5O2. The highest BCUT2D eigenvalue weighted by molar-refractivity contribution is 5.87. The van der Waals surface area contributed by atoms with Gasteiger partial charge in [0.1, 0.15) is 5.69 Å². The molecule has 0 unspecified atom stereocenters. The van der Waals surface area contributed by atoms with E-state index in [2.05, 4.69) is 40.5 Å². The van der Waals surface area contributed by atoms with Gasteiger partial charge in [-0.25, -0.2) is 0 Å². The van der Waals surface area contributed by atoms with Crippen molar-refractivity contribution < 1.29 is 4.74 Å². The second kappa shape index (κ2) is 9.95. The minimum absolute atomic E-state index is 0.0651. The van der Waals surface area contributed by atoms with Crippen LogP contribution in [-0.2, 0) is 18.3 Å². The van der Waals surface area contributed by atoms with Crippen molar-refractivity contribution >= 4 is 28.0 Å². The van der Waals surface area contributed by atoms with Crippen LogP contribution in [0.3, 0.4) is 0 Å². The number of anilines is 3. The zero-order valence-corrected chi connectivity index (χ0v) is 20.8. The molecule has 0 spiro atoms. The third kappa shape index (κ3) is 4.86. The molecule has 6 rings (SSSR count). The van der Waals surface area contributed by atoms with Gasteiger partial charge in [0.2, 0.25) is 0 Å². The number of rotatable bonds is 6. The van der Waals surface area contributed by atoms with E-state index < -0.39 is 0 Å². The first-order valence-corrected chi connectivity index (χ1v) is 12.6. The Morgan fingerprint density at radius 1 is 0.919 bits per heavy atom. The van der Waals surface area contributed by atoms with Gasteiger partial charge in [-0.3, -0.25) is 9.48 Å². The van der Waals surface area contributed by atoms with Gasteiger partial charge in [-0.05, 0) is 54.1 Å². The van der Waals surface area contributed by atoms with E-state index in [1.165, 1.54) is 5.56 Å². The van der Waals surface area contributed by atoms with Crippen LogP contribution in [0.1, 0.15) is 5.56 Å². The van der Waals surface area contributed by atoms with Crippen LogP contribution in [0.25, 0.3) is 22.2 Å². The third-order valence-electron chi connectivity index (χ3n) is 6.87. The van der Waals surface area contributed by atoms with Crippen molar-refractivity contribution in [2.45, 2.75) is 6.54 Å². The van der Waals surface area contributed by atoms with E-state index in [9.17, 15) is 4.79 Å². The maximum Gasteiger partial charge on any atom is 0.274 e. The quantitative estimate of drug-likeness (QED) is 0.361. The Kier molecular flexibility index (Phi) is 6.20.